The van der Waals surface area contributed by atoms with E-state index in [1.54, 1.807) is 6.20 Å². The van der Waals surface area contributed by atoms with Gasteiger partial charge in [-0.2, -0.15) is 0 Å². The molecule has 1 atom stereocenters. The molecule has 3 rings (SSSR count). The number of ether oxygens (including phenoxy) is 1. The average molecular weight is 363 g/mol. The van der Waals surface area contributed by atoms with Gasteiger partial charge in [-0.1, -0.05) is 6.92 Å². The molecule has 2 fully saturated rings. The summed E-state index contributed by atoms with van der Waals surface area (Å²) in [6.07, 6.45) is 9.73. The number of amides is 1. The van der Waals surface area contributed by atoms with Crippen LogP contribution in [-0.2, 0) is 22.5 Å². The zero-order chi connectivity index (χ0) is 18.6. The van der Waals surface area contributed by atoms with Crippen LogP contribution in [0.1, 0.15) is 58.7 Å². The molecular weight excluding hydrogens is 328 g/mol. The molecule has 1 spiro atoms. The molecule has 6 nitrogen and oxygen atoms in total. The number of carbonyl (C=O) groups excluding carboxylic acids is 1. The molecule has 2 saturated heterocycles. The molecule has 0 aliphatic carbocycles. The predicted molar refractivity (Wildman–Crippen MR) is 102 cm³/mol. The Morgan fingerprint density at radius 2 is 2.15 bits per heavy atom. The maximum atomic E-state index is 12.2. The Bertz CT molecular complexity index is 590. The van der Waals surface area contributed by atoms with Crippen LogP contribution in [0.3, 0.4) is 0 Å². The Hall–Kier alpha value is -1.40. The maximum Gasteiger partial charge on any atom is 0.221 e. The van der Waals surface area contributed by atoms with Gasteiger partial charge in [0.1, 0.15) is 5.82 Å². The molecule has 0 unspecified atom stereocenters. The summed E-state index contributed by atoms with van der Waals surface area (Å²) in [6.45, 7) is 10.2. The summed E-state index contributed by atoms with van der Waals surface area (Å²) < 4.78 is 8.46. The topological polar surface area (TPSA) is 59.4 Å². The van der Waals surface area contributed by atoms with Crippen LogP contribution < -0.4 is 5.32 Å². The number of hydrogen-bond acceptors (Lipinski definition) is 4. The van der Waals surface area contributed by atoms with Crippen molar-refractivity contribution in [2.45, 2.75) is 83.6 Å². The average Bonchev–Trinajstić information content (AvgIpc) is 3.25. The van der Waals surface area contributed by atoms with Gasteiger partial charge < -0.3 is 19.5 Å². The van der Waals surface area contributed by atoms with Crippen LogP contribution >= 0.6 is 0 Å². The van der Waals surface area contributed by atoms with Crippen LogP contribution in [0.2, 0.25) is 0 Å². The highest BCUT2D eigenvalue weighted by Crippen LogP contribution is 2.39. The van der Waals surface area contributed by atoms with Crippen molar-refractivity contribution >= 4 is 5.91 Å². The summed E-state index contributed by atoms with van der Waals surface area (Å²) in [7, 11) is 0. The van der Waals surface area contributed by atoms with Crippen LogP contribution in [-0.4, -0.2) is 57.7 Å². The molecule has 0 saturated carbocycles. The molecular formula is C20H34N4O2. The molecule has 1 amide bonds. The number of imidazole rings is 1. The first-order valence-corrected chi connectivity index (χ1v) is 10.2. The monoisotopic (exact) mass is 362 g/mol. The molecule has 1 aromatic heterocycles. The van der Waals surface area contributed by atoms with E-state index in [0.29, 0.717) is 25.6 Å². The first kappa shape index (κ1) is 19.4. The molecule has 3 heterocycles. The third kappa shape index (κ3) is 4.65. The number of piperidine rings is 1. The van der Waals surface area contributed by atoms with Gasteiger partial charge in [-0.25, -0.2) is 4.98 Å². The number of nitrogens with zero attached hydrogens (tertiary/aromatic N) is 3. The fourth-order valence-electron chi connectivity index (χ4n) is 4.25. The largest absolute Gasteiger partial charge is 0.370 e. The third-order valence-corrected chi connectivity index (χ3v) is 6.00. The van der Waals surface area contributed by atoms with Crippen molar-refractivity contribution in [2.75, 3.05) is 19.6 Å². The van der Waals surface area contributed by atoms with Gasteiger partial charge in [0.25, 0.3) is 0 Å². The summed E-state index contributed by atoms with van der Waals surface area (Å²) >= 11 is 0. The van der Waals surface area contributed by atoms with E-state index < -0.39 is 0 Å². The van der Waals surface area contributed by atoms with Gasteiger partial charge in [0.2, 0.25) is 5.91 Å². The Morgan fingerprint density at radius 1 is 1.38 bits per heavy atom. The fraction of sp³-hybridized carbons (Fsp3) is 0.800. The molecule has 0 aromatic carbocycles. The Kier molecular flexibility index (Phi) is 6.35. The smallest absolute Gasteiger partial charge is 0.221 e. The van der Waals surface area contributed by atoms with Gasteiger partial charge in [-0.3, -0.25) is 4.79 Å². The Morgan fingerprint density at radius 3 is 2.85 bits per heavy atom. The number of carbonyl (C=O) groups is 1. The molecule has 1 N–H and O–H groups in total. The van der Waals surface area contributed by atoms with Gasteiger partial charge in [-0.05, 0) is 39.5 Å². The van der Waals surface area contributed by atoms with Crippen LogP contribution in [0.25, 0.3) is 0 Å². The lowest BCUT2D eigenvalue weighted by Gasteiger charge is -2.40. The van der Waals surface area contributed by atoms with E-state index in [2.05, 4.69) is 40.5 Å². The van der Waals surface area contributed by atoms with Crippen LogP contribution in [0, 0.1) is 0 Å². The molecule has 2 aliphatic rings. The minimum Gasteiger partial charge on any atom is -0.370 e. The minimum absolute atomic E-state index is 0.0631. The van der Waals surface area contributed by atoms with Crippen molar-refractivity contribution < 1.29 is 9.53 Å². The summed E-state index contributed by atoms with van der Waals surface area (Å²) in [5.41, 5.74) is 0.0631. The predicted octanol–water partition coefficient (Wildman–Crippen LogP) is 2.37. The van der Waals surface area contributed by atoms with Crippen LogP contribution in [0.4, 0.5) is 0 Å². The fourth-order valence-corrected chi connectivity index (χ4v) is 4.25. The number of aromatic nitrogens is 2. The zero-order valence-electron chi connectivity index (χ0n) is 16.5. The van der Waals surface area contributed by atoms with Gasteiger partial charge >= 0.3 is 0 Å². The van der Waals surface area contributed by atoms with E-state index in [1.807, 2.05) is 6.20 Å². The van der Waals surface area contributed by atoms with Crippen molar-refractivity contribution in [3.05, 3.63) is 18.2 Å². The SMILES string of the molecule is CCc1nccn1CCC(=O)NC[C@H]1CCC2(CCN(C(C)C)CC2)O1. The lowest BCUT2D eigenvalue weighted by Crippen LogP contribution is -2.47. The van der Waals surface area contributed by atoms with E-state index in [9.17, 15) is 4.79 Å². The second kappa shape index (κ2) is 8.53. The molecule has 1 aromatic rings. The van der Waals surface area contributed by atoms with Crippen molar-refractivity contribution in [1.29, 1.82) is 0 Å². The number of aryl methyl sites for hydroxylation is 2. The van der Waals surface area contributed by atoms with Crippen molar-refractivity contribution in [3.63, 3.8) is 0 Å². The summed E-state index contributed by atoms with van der Waals surface area (Å²) in [6, 6.07) is 0.618. The summed E-state index contributed by atoms with van der Waals surface area (Å²) in [5, 5.41) is 3.07. The van der Waals surface area contributed by atoms with E-state index in [1.165, 1.54) is 0 Å². The first-order chi connectivity index (χ1) is 12.5. The lowest BCUT2D eigenvalue weighted by atomic mass is 9.88. The van der Waals surface area contributed by atoms with E-state index in [4.69, 9.17) is 4.74 Å². The van der Waals surface area contributed by atoms with Gasteiger partial charge in [0, 0.05) is 57.5 Å². The highest BCUT2D eigenvalue weighted by molar-refractivity contribution is 5.75. The van der Waals surface area contributed by atoms with Crippen LogP contribution in [0.5, 0.6) is 0 Å². The summed E-state index contributed by atoms with van der Waals surface area (Å²) in [4.78, 5) is 19.0. The number of rotatable bonds is 7. The molecule has 0 bridgehead atoms. The molecule has 26 heavy (non-hydrogen) atoms. The second-order valence-electron chi connectivity index (χ2n) is 8.04. The Labute approximate surface area is 157 Å². The van der Waals surface area contributed by atoms with Gasteiger partial charge in [0.05, 0.1) is 11.7 Å². The second-order valence-corrected chi connectivity index (χ2v) is 8.04. The number of hydrogen-bond donors (Lipinski definition) is 1. The zero-order valence-corrected chi connectivity index (χ0v) is 16.5. The van der Waals surface area contributed by atoms with Gasteiger partial charge in [-0.15, -0.1) is 0 Å². The van der Waals surface area contributed by atoms with E-state index >= 15 is 0 Å². The Balaban J connectivity index is 1.37. The van der Waals surface area contributed by atoms with Crippen molar-refractivity contribution in [3.8, 4) is 0 Å². The summed E-state index contributed by atoms with van der Waals surface area (Å²) in [5.74, 6) is 1.13. The molecule has 146 valence electrons. The van der Waals surface area contributed by atoms with Crippen LogP contribution in [0.15, 0.2) is 12.4 Å². The third-order valence-electron chi connectivity index (χ3n) is 6.00. The quantitative estimate of drug-likeness (QED) is 0.809. The molecule has 0 radical (unpaired) electrons. The van der Waals surface area contributed by atoms with Crippen molar-refractivity contribution in [1.82, 2.24) is 19.8 Å². The number of likely N-dealkylation sites (tertiary alicyclic amines) is 1. The van der Waals surface area contributed by atoms with Gasteiger partial charge in [0.15, 0.2) is 0 Å². The lowest BCUT2D eigenvalue weighted by molar-refractivity contribution is -0.123. The van der Waals surface area contributed by atoms with E-state index in [-0.39, 0.29) is 17.6 Å². The van der Waals surface area contributed by atoms with Crippen molar-refractivity contribution in [2.24, 2.45) is 0 Å². The molecule has 2 aliphatic heterocycles. The highest BCUT2D eigenvalue weighted by Gasteiger charge is 2.42. The highest BCUT2D eigenvalue weighted by atomic mass is 16.5. The molecule has 6 heteroatoms. The van der Waals surface area contributed by atoms with E-state index in [0.717, 1.165) is 51.0 Å². The number of nitrogens with one attached hydrogen (secondary N) is 1. The first-order valence-electron chi connectivity index (χ1n) is 10.2. The standard InChI is InChI=1S/C20H34N4O2/c1-4-18-21-10-14-24(18)11-6-19(25)22-15-17-5-7-20(26-17)8-12-23(13-9-20)16(2)3/h10,14,16-17H,4-9,11-13,15H2,1-3H3,(H,22,25)/t17-/m1/s1. The minimum atomic E-state index is 0.0631. The maximum absolute atomic E-state index is 12.2. The normalized spacial score (nSPS) is 23.0.